The maximum Gasteiger partial charge on any atom is 0.264 e. The van der Waals surface area contributed by atoms with Gasteiger partial charge >= 0.3 is 0 Å². The van der Waals surface area contributed by atoms with Gasteiger partial charge in [-0.1, -0.05) is 6.92 Å². The van der Waals surface area contributed by atoms with Crippen molar-refractivity contribution in [3.8, 4) is 0 Å². The molecule has 6 nitrogen and oxygen atoms in total. The van der Waals surface area contributed by atoms with Crippen LogP contribution in [0.5, 0.6) is 0 Å². The van der Waals surface area contributed by atoms with Crippen LogP contribution in [0.3, 0.4) is 0 Å². The van der Waals surface area contributed by atoms with Crippen molar-refractivity contribution in [2.24, 2.45) is 0 Å². The largest absolute Gasteiger partial charge is 0.393 e. The van der Waals surface area contributed by atoms with Crippen molar-refractivity contribution in [1.29, 1.82) is 0 Å². The molecule has 0 aliphatic heterocycles. The van der Waals surface area contributed by atoms with Gasteiger partial charge in [-0.2, -0.15) is 0 Å². The van der Waals surface area contributed by atoms with Crippen LogP contribution >= 0.6 is 0 Å². The molecule has 1 heterocycles. The van der Waals surface area contributed by atoms with E-state index in [2.05, 4.69) is 15.3 Å². The molecule has 0 radical (unpaired) electrons. The van der Waals surface area contributed by atoms with Crippen LogP contribution in [-0.2, 0) is 0 Å². The summed E-state index contributed by atoms with van der Waals surface area (Å²) in [5, 5.41) is 12.1. The molecule has 1 aliphatic carbocycles. The second kappa shape index (κ2) is 6.17. The van der Waals surface area contributed by atoms with Crippen molar-refractivity contribution in [2.45, 2.75) is 51.6 Å². The van der Waals surface area contributed by atoms with E-state index >= 15 is 0 Å². The number of H-pyrrole nitrogens is 1. The highest BCUT2D eigenvalue weighted by Gasteiger charge is 2.27. The number of hydrogen-bond donors (Lipinski definition) is 3. The topological polar surface area (TPSA) is 95.1 Å². The van der Waals surface area contributed by atoms with Gasteiger partial charge in [0.15, 0.2) is 0 Å². The number of hydrogen-bond acceptors (Lipinski definition) is 4. The molecule has 0 aromatic carbocycles. The monoisotopic (exact) mass is 279 g/mol. The van der Waals surface area contributed by atoms with Crippen molar-refractivity contribution in [2.75, 3.05) is 6.54 Å². The Bertz CT molecular complexity index is 549. The highest BCUT2D eigenvalue weighted by atomic mass is 16.3. The third-order valence-electron chi connectivity index (χ3n) is 3.54. The van der Waals surface area contributed by atoms with Crippen molar-refractivity contribution in [3.63, 3.8) is 0 Å². The van der Waals surface area contributed by atoms with Crippen molar-refractivity contribution in [1.82, 2.24) is 15.3 Å². The zero-order valence-corrected chi connectivity index (χ0v) is 11.9. The van der Waals surface area contributed by atoms with Crippen LogP contribution in [-0.4, -0.2) is 33.6 Å². The molecule has 1 fully saturated rings. The summed E-state index contributed by atoms with van der Waals surface area (Å²) in [6.07, 6.45) is 2.79. The molecule has 1 amide bonds. The number of carbonyl (C=O) groups excluding carboxylic acids is 1. The molecule has 1 atom stereocenters. The molecule has 6 heteroatoms. The molecular weight excluding hydrogens is 258 g/mol. The molecule has 1 aliphatic rings. The minimum atomic E-state index is -0.429. The number of aryl methyl sites for hydroxylation is 1. The molecule has 2 rings (SSSR count). The van der Waals surface area contributed by atoms with E-state index in [1.165, 1.54) is 0 Å². The zero-order valence-electron chi connectivity index (χ0n) is 11.9. The molecule has 0 spiro atoms. The number of nitrogens with one attached hydrogen (secondary N) is 2. The quantitative estimate of drug-likeness (QED) is 0.719. The Kier molecular flexibility index (Phi) is 4.54. The molecule has 1 aromatic rings. The normalized spacial score (nSPS) is 15.9. The van der Waals surface area contributed by atoms with Crippen LogP contribution in [0.25, 0.3) is 0 Å². The van der Waals surface area contributed by atoms with Gasteiger partial charge in [0.05, 0.1) is 11.8 Å². The number of aliphatic hydroxyl groups is 1. The Hall–Kier alpha value is -1.69. The summed E-state index contributed by atoms with van der Waals surface area (Å²) >= 11 is 0. The Labute approximate surface area is 117 Å². The van der Waals surface area contributed by atoms with Crippen molar-refractivity contribution >= 4 is 5.91 Å². The maximum absolute atomic E-state index is 12.0. The SMILES string of the molecule is CCC(O)CCNC(=O)c1c(C)nc(C2CC2)[nH]c1=O. The van der Waals surface area contributed by atoms with E-state index in [4.69, 9.17) is 0 Å². The third-order valence-corrected chi connectivity index (χ3v) is 3.54. The van der Waals surface area contributed by atoms with E-state index in [1.807, 2.05) is 6.92 Å². The van der Waals surface area contributed by atoms with E-state index in [1.54, 1.807) is 6.92 Å². The fraction of sp³-hybridized carbons (Fsp3) is 0.643. The highest BCUT2D eigenvalue weighted by molar-refractivity contribution is 5.94. The minimum Gasteiger partial charge on any atom is -0.393 e. The predicted molar refractivity (Wildman–Crippen MR) is 74.8 cm³/mol. The fourth-order valence-corrected chi connectivity index (χ4v) is 2.07. The fourth-order valence-electron chi connectivity index (χ4n) is 2.07. The van der Waals surface area contributed by atoms with Gasteiger partial charge in [0.1, 0.15) is 11.4 Å². The molecule has 110 valence electrons. The van der Waals surface area contributed by atoms with E-state index in [9.17, 15) is 14.7 Å². The first-order chi connectivity index (χ1) is 9.52. The molecule has 1 unspecified atom stereocenters. The molecule has 0 saturated heterocycles. The first-order valence-electron chi connectivity index (χ1n) is 7.10. The summed E-state index contributed by atoms with van der Waals surface area (Å²) < 4.78 is 0. The van der Waals surface area contributed by atoms with Gasteiger partial charge in [0, 0.05) is 12.5 Å². The predicted octanol–water partition coefficient (Wildman–Crippen LogP) is 0.847. The first-order valence-corrected chi connectivity index (χ1v) is 7.10. The summed E-state index contributed by atoms with van der Waals surface area (Å²) in [5.74, 6) is 0.602. The lowest BCUT2D eigenvalue weighted by atomic mass is 10.2. The number of aromatic nitrogens is 2. The lowest BCUT2D eigenvalue weighted by Crippen LogP contribution is -2.33. The number of nitrogens with zero attached hydrogens (tertiary/aromatic N) is 1. The Balaban J connectivity index is 2.04. The van der Waals surface area contributed by atoms with Gasteiger partial charge in [-0.25, -0.2) is 4.98 Å². The van der Waals surface area contributed by atoms with Gasteiger partial charge < -0.3 is 15.4 Å². The van der Waals surface area contributed by atoms with Crippen LogP contribution in [0.1, 0.15) is 60.4 Å². The third kappa shape index (κ3) is 3.45. The lowest BCUT2D eigenvalue weighted by molar-refractivity contribution is 0.0939. The van der Waals surface area contributed by atoms with Gasteiger partial charge in [0.2, 0.25) is 0 Å². The van der Waals surface area contributed by atoms with Crippen LogP contribution in [0.15, 0.2) is 4.79 Å². The highest BCUT2D eigenvalue weighted by Crippen LogP contribution is 2.37. The summed E-state index contributed by atoms with van der Waals surface area (Å²) in [7, 11) is 0. The van der Waals surface area contributed by atoms with Gasteiger partial charge in [-0.3, -0.25) is 9.59 Å². The maximum atomic E-state index is 12.0. The average Bonchev–Trinajstić information content (AvgIpc) is 3.21. The summed E-state index contributed by atoms with van der Waals surface area (Å²) in [6.45, 7) is 3.90. The van der Waals surface area contributed by atoms with Gasteiger partial charge in [-0.05, 0) is 32.6 Å². The molecule has 20 heavy (non-hydrogen) atoms. The number of amides is 1. The smallest absolute Gasteiger partial charge is 0.264 e. The second-order valence-corrected chi connectivity index (χ2v) is 5.29. The standard InChI is InChI=1S/C14H21N3O3/c1-3-10(18)6-7-15-13(19)11-8(2)16-12(9-4-5-9)17-14(11)20/h9-10,18H,3-7H2,1-2H3,(H,15,19)(H,16,17,20). The zero-order chi connectivity index (χ0) is 14.7. The molecular formula is C14H21N3O3. The molecule has 1 saturated carbocycles. The van der Waals surface area contributed by atoms with Gasteiger partial charge in [0.25, 0.3) is 11.5 Å². The number of aromatic amines is 1. The average molecular weight is 279 g/mol. The Morgan fingerprint density at radius 2 is 2.25 bits per heavy atom. The first kappa shape index (κ1) is 14.7. The Morgan fingerprint density at radius 3 is 2.80 bits per heavy atom. The summed E-state index contributed by atoms with van der Waals surface area (Å²) in [6, 6.07) is 0. The second-order valence-electron chi connectivity index (χ2n) is 5.29. The summed E-state index contributed by atoms with van der Waals surface area (Å²) in [4.78, 5) is 31.0. The molecule has 1 aromatic heterocycles. The number of aliphatic hydroxyl groups excluding tert-OH is 1. The van der Waals surface area contributed by atoms with E-state index in [0.717, 1.165) is 12.8 Å². The van der Waals surface area contributed by atoms with Crippen molar-refractivity contribution in [3.05, 3.63) is 27.4 Å². The van der Waals surface area contributed by atoms with Crippen molar-refractivity contribution < 1.29 is 9.90 Å². The molecule has 3 N–H and O–H groups in total. The lowest BCUT2D eigenvalue weighted by Gasteiger charge is -2.10. The van der Waals surface area contributed by atoms with Gasteiger partial charge in [-0.15, -0.1) is 0 Å². The minimum absolute atomic E-state index is 0.0698. The van der Waals surface area contributed by atoms with Crippen LogP contribution < -0.4 is 10.9 Å². The molecule has 0 bridgehead atoms. The van der Waals surface area contributed by atoms with Crippen LogP contribution in [0.4, 0.5) is 0 Å². The number of carbonyl (C=O) groups is 1. The summed E-state index contributed by atoms with van der Waals surface area (Å²) in [5.41, 5.74) is 0.150. The van der Waals surface area contributed by atoms with E-state index in [0.29, 0.717) is 36.8 Å². The number of rotatable bonds is 6. The van der Waals surface area contributed by atoms with Crippen LogP contribution in [0, 0.1) is 6.92 Å². The Morgan fingerprint density at radius 1 is 1.55 bits per heavy atom. The van der Waals surface area contributed by atoms with E-state index in [-0.39, 0.29) is 11.1 Å². The van der Waals surface area contributed by atoms with E-state index < -0.39 is 12.0 Å². The van der Waals surface area contributed by atoms with Crippen LogP contribution in [0.2, 0.25) is 0 Å².